The number of rotatable bonds is 0. The van der Waals surface area contributed by atoms with Crippen LogP contribution in [-0.4, -0.2) is 29.7 Å². The van der Waals surface area contributed by atoms with Crippen molar-refractivity contribution in [1.82, 2.24) is 4.90 Å². The number of alkyl halides is 3. The number of hydrogen-bond acceptors (Lipinski definition) is 1. The van der Waals surface area contributed by atoms with Gasteiger partial charge in [0, 0.05) is 18.6 Å². The molecule has 0 amide bonds. The molecule has 5 atom stereocenters. The van der Waals surface area contributed by atoms with Crippen LogP contribution in [0.15, 0.2) is 0 Å². The fourth-order valence-electron chi connectivity index (χ4n) is 2.74. The lowest BCUT2D eigenvalue weighted by atomic mass is 9.83. The van der Waals surface area contributed by atoms with Gasteiger partial charge in [-0.3, -0.25) is 4.90 Å². The average molecular weight is 193 g/mol. The van der Waals surface area contributed by atoms with Gasteiger partial charge in [0.15, 0.2) is 0 Å². The van der Waals surface area contributed by atoms with Crippen molar-refractivity contribution in [3.63, 3.8) is 0 Å². The minimum absolute atomic E-state index is 0.209. The Hall–Kier alpha value is -0.250. The first-order valence-electron chi connectivity index (χ1n) is 4.73. The third-order valence-corrected chi connectivity index (χ3v) is 3.37. The second kappa shape index (κ2) is 2.62. The van der Waals surface area contributed by atoms with Gasteiger partial charge in [-0.15, -0.1) is 0 Å². The Morgan fingerprint density at radius 2 is 1.85 bits per heavy atom. The number of piperidine rings is 1. The molecule has 76 valence electrons. The van der Waals surface area contributed by atoms with E-state index in [4.69, 9.17) is 0 Å². The highest BCUT2D eigenvalue weighted by Crippen LogP contribution is 2.48. The van der Waals surface area contributed by atoms with Crippen molar-refractivity contribution in [1.29, 1.82) is 0 Å². The number of halogens is 3. The van der Waals surface area contributed by atoms with E-state index in [0.29, 0.717) is 19.0 Å². The highest BCUT2D eigenvalue weighted by atomic mass is 19.4. The van der Waals surface area contributed by atoms with Gasteiger partial charge in [-0.1, -0.05) is 6.92 Å². The van der Waals surface area contributed by atoms with E-state index >= 15 is 0 Å². The lowest BCUT2D eigenvalue weighted by Gasteiger charge is -2.34. The van der Waals surface area contributed by atoms with Crippen LogP contribution in [-0.2, 0) is 0 Å². The number of nitrogens with zero attached hydrogens (tertiary/aromatic N) is 1. The normalized spacial score (nSPS) is 50.1. The molecule has 2 saturated heterocycles. The molecule has 0 aliphatic carbocycles. The van der Waals surface area contributed by atoms with E-state index in [1.165, 1.54) is 0 Å². The van der Waals surface area contributed by atoms with Crippen LogP contribution in [0.25, 0.3) is 0 Å². The van der Waals surface area contributed by atoms with Gasteiger partial charge in [-0.25, -0.2) is 0 Å². The fourth-order valence-corrected chi connectivity index (χ4v) is 2.74. The lowest BCUT2D eigenvalue weighted by molar-refractivity contribution is -0.196. The first-order valence-corrected chi connectivity index (χ1v) is 4.73. The first-order chi connectivity index (χ1) is 5.91. The van der Waals surface area contributed by atoms with Crippen molar-refractivity contribution in [2.45, 2.75) is 38.5 Å². The minimum Gasteiger partial charge on any atom is -0.294 e. The predicted molar refractivity (Wildman–Crippen MR) is 43.3 cm³/mol. The van der Waals surface area contributed by atoms with Gasteiger partial charge in [0.1, 0.15) is 0 Å². The molecule has 0 aromatic rings. The third kappa shape index (κ3) is 1.45. The lowest BCUT2D eigenvalue weighted by Crippen LogP contribution is -2.42. The van der Waals surface area contributed by atoms with Gasteiger partial charge < -0.3 is 0 Å². The van der Waals surface area contributed by atoms with E-state index in [1.54, 1.807) is 6.92 Å². The third-order valence-electron chi connectivity index (χ3n) is 3.37. The van der Waals surface area contributed by atoms with Crippen LogP contribution < -0.4 is 0 Å². The van der Waals surface area contributed by atoms with E-state index in [-0.39, 0.29) is 12.0 Å². The van der Waals surface area contributed by atoms with Crippen molar-refractivity contribution in [2.75, 3.05) is 6.54 Å². The SMILES string of the molecule is CC1CC(C)N2CC2C1C(F)(F)F. The topological polar surface area (TPSA) is 3.01 Å². The molecule has 2 aliphatic rings. The Morgan fingerprint density at radius 3 is 2.38 bits per heavy atom. The molecule has 0 aromatic carbocycles. The van der Waals surface area contributed by atoms with Crippen molar-refractivity contribution in [3.8, 4) is 0 Å². The summed E-state index contributed by atoms with van der Waals surface area (Å²) in [6.07, 6.45) is -3.32. The van der Waals surface area contributed by atoms with E-state index in [2.05, 4.69) is 0 Å². The molecule has 1 nitrogen and oxygen atoms in total. The van der Waals surface area contributed by atoms with E-state index in [9.17, 15) is 13.2 Å². The number of fused-ring (bicyclic) bond motifs is 1. The summed E-state index contributed by atoms with van der Waals surface area (Å²) >= 11 is 0. The Kier molecular flexibility index (Phi) is 1.88. The second-order valence-electron chi connectivity index (χ2n) is 4.39. The summed E-state index contributed by atoms with van der Waals surface area (Å²) in [5.41, 5.74) is 0. The molecule has 0 radical (unpaired) electrons. The van der Waals surface area contributed by atoms with Crippen molar-refractivity contribution in [3.05, 3.63) is 0 Å². The first kappa shape index (κ1) is 9.31. The zero-order chi connectivity index (χ0) is 9.80. The molecule has 2 aliphatic heterocycles. The van der Waals surface area contributed by atoms with Crippen LogP contribution in [0.5, 0.6) is 0 Å². The molecule has 2 rings (SSSR count). The summed E-state index contributed by atoms with van der Waals surface area (Å²) in [4.78, 5) is 1.96. The second-order valence-corrected chi connectivity index (χ2v) is 4.39. The van der Waals surface area contributed by atoms with E-state index < -0.39 is 12.1 Å². The summed E-state index contributed by atoms with van der Waals surface area (Å²) in [7, 11) is 0. The molecular weight excluding hydrogens is 179 g/mol. The molecule has 0 spiro atoms. The monoisotopic (exact) mass is 193 g/mol. The van der Waals surface area contributed by atoms with Gasteiger partial charge in [-0.2, -0.15) is 13.2 Å². The maximum atomic E-state index is 12.6. The van der Waals surface area contributed by atoms with Gasteiger partial charge in [0.25, 0.3) is 0 Å². The molecule has 0 saturated carbocycles. The molecule has 0 N–H and O–H groups in total. The van der Waals surface area contributed by atoms with Crippen molar-refractivity contribution < 1.29 is 13.2 Å². The van der Waals surface area contributed by atoms with E-state index in [0.717, 1.165) is 0 Å². The molecule has 5 unspecified atom stereocenters. The van der Waals surface area contributed by atoms with Crippen LogP contribution in [0.1, 0.15) is 20.3 Å². The predicted octanol–water partition coefficient (Wildman–Crippen LogP) is 2.28. The van der Waals surface area contributed by atoms with Crippen LogP contribution in [0.2, 0.25) is 0 Å². The van der Waals surface area contributed by atoms with Crippen LogP contribution in [0, 0.1) is 11.8 Å². The van der Waals surface area contributed by atoms with Gasteiger partial charge in [0.2, 0.25) is 0 Å². The highest BCUT2D eigenvalue weighted by molar-refractivity contribution is 5.05. The maximum absolute atomic E-state index is 12.6. The van der Waals surface area contributed by atoms with Crippen LogP contribution in [0.3, 0.4) is 0 Å². The summed E-state index contributed by atoms with van der Waals surface area (Å²) in [5.74, 6) is -1.29. The Morgan fingerprint density at radius 1 is 1.23 bits per heavy atom. The molecule has 0 aromatic heterocycles. The van der Waals surface area contributed by atoms with Gasteiger partial charge >= 0.3 is 6.18 Å². The maximum Gasteiger partial charge on any atom is 0.393 e. The fraction of sp³-hybridized carbons (Fsp3) is 1.00. The molecule has 2 fully saturated rings. The van der Waals surface area contributed by atoms with Crippen LogP contribution >= 0.6 is 0 Å². The summed E-state index contributed by atoms with van der Waals surface area (Å²) in [6.45, 7) is 4.39. The minimum atomic E-state index is -4.00. The van der Waals surface area contributed by atoms with Crippen molar-refractivity contribution >= 4 is 0 Å². The smallest absolute Gasteiger partial charge is 0.294 e. The van der Waals surface area contributed by atoms with E-state index in [1.807, 2.05) is 11.8 Å². The summed E-state index contributed by atoms with van der Waals surface area (Å²) in [6, 6.07) is 0.136. The highest BCUT2D eigenvalue weighted by Gasteiger charge is 2.59. The molecular formula is C9H14F3N. The largest absolute Gasteiger partial charge is 0.393 e. The average Bonchev–Trinajstić information content (AvgIpc) is 2.62. The quantitative estimate of drug-likeness (QED) is 0.533. The molecule has 2 heterocycles. The Labute approximate surface area is 75.9 Å². The van der Waals surface area contributed by atoms with Crippen LogP contribution in [0.4, 0.5) is 13.2 Å². The Balaban J connectivity index is 2.13. The zero-order valence-electron chi connectivity index (χ0n) is 7.80. The summed E-state index contributed by atoms with van der Waals surface area (Å²) in [5, 5.41) is 0. The molecule has 13 heavy (non-hydrogen) atoms. The van der Waals surface area contributed by atoms with Gasteiger partial charge in [0.05, 0.1) is 5.92 Å². The van der Waals surface area contributed by atoms with Crippen molar-refractivity contribution in [2.24, 2.45) is 11.8 Å². The number of hydrogen-bond donors (Lipinski definition) is 0. The molecule has 4 heteroatoms. The zero-order valence-corrected chi connectivity index (χ0v) is 7.80. The Bertz CT molecular complexity index is 211. The molecule has 0 bridgehead atoms. The van der Waals surface area contributed by atoms with Gasteiger partial charge in [-0.05, 0) is 19.3 Å². The standard InChI is InChI=1S/C9H14F3N/c1-5-3-6(2)13-4-7(13)8(5)9(10,11)12/h5-8H,3-4H2,1-2H3. The summed E-state index contributed by atoms with van der Waals surface area (Å²) < 4.78 is 37.7.